The van der Waals surface area contributed by atoms with Crippen molar-refractivity contribution in [3.05, 3.63) is 28.2 Å². The molecule has 0 radical (unpaired) electrons. The second-order valence-electron chi connectivity index (χ2n) is 9.62. The second-order valence-corrected chi connectivity index (χ2v) is 10.8. The maximum Gasteiger partial charge on any atom is 0.162 e. The second kappa shape index (κ2) is 6.38. The molecule has 0 amide bonds. The molecule has 0 saturated heterocycles. The molecule has 0 aromatic carbocycles. The smallest absolute Gasteiger partial charge is 0.162 e. The van der Waals surface area contributed by atoms with Gasteiger partial charge >= 0.3 is 0 Å². The molecule has 6 rings (SSSR count). The molecular weight excluding hydrogens is 370 g/mol. The summed E-state index contributed by atoms with van der Waals surface area (Å²) in [4.78, 5) is 4.22. The molecule has 0 aliphatic heterocycles. The molecule has 4 aliphatic carbocycles. The molecule has 7 heteroatoms. The number of aromatic nitrogens is 4. The lowest BCUT2D eigenvalue weighted by Crippen LogP contribution is -2.65. The summed E-state index contributed by atoms with van der Waals surface area (Å²) in [6, 6.07) is 4.21. The maximum absolute atomic E-state index is 9.79. The molecule has 2 aromatic heterocycles. The first-order chi connectivity index (χ1) is 13.3. The molecule has 4 aliphatic rings. The molecule has 4 saturated carbocycles. The first-order valence-electron chi connectivity index (χ1n) is 10.2. The van der Waals surface area contributed by atoms with E-state index in [0.29, 0.717) is 0 Å². The Morgan fingerprint density at radius 3 is 2.75 bits per heavy atom. The minimum absolute atomic E-state index is 0.0480. The summed E-state index contributed by atoms with van der Waals surface area (Å²) in [6.07, 6.45) is 8.93. The van der Waals surface area contributed by atoms with Gasteiger partial charge in [-0.1, -0.05) is 11.8 Å². The fourth-order valence-corrected chi connectivity index (χ4v) is 6.87. The van der Waals surface area contributed by atoms with Gasteiger partial charge in [-0.05, 0) is 81.6 Å². The first kappa shape index (κ1) is 18.3. The lowest BCUT2D eigenvalue weighted by molar-refractivity contribution is -0.0853. The van der Waals surface area contributed by atoms with E-state index in [1.807, 2.05) is 4.80 Å². The highest BCUT2D eigenvalue weighted by atomic mass is 32.1. The van der Waals surface area contributed by atoms with E-state index >= 15 is 0 Å². The van der Waals surface area contributed by atoms with E-state index in [9.17, 15) is 5.11 Å². The van der Waals surface area contributed by atoms with Crippen LogP contribution in [0, 0.1) is 23.7 Å². The van der Waals surface area contributed by atoms with E-state index in [2.05, 4.69) is 44.7 Å². The average Bonchev–Trinajstić information content (AvgIpc) is 3.29. The van der Waals surface area contributed by atoms with Crippen LogP contribution in [0.3, 0.4) is 0 Å². The molecule has 148 valence electrons. The molecule has 2 aromatic rings. The number of rotatable bonds is 4. The molecule has 2 atom stereocenters. The van der Waals surface area contributed by atoms with E-state index in [1.165, 1.54) is 37.0 Å². The van der Waals surface area contributed by atoms with E-state index in [4.69, 9.17) is 0 Å². The number of thiophene rings is 1. The molecule has 28 heavy (non-hydrogen) atoms. The van der Waals surface area contributed by atoms with E-state index in [0.717, 1.165) is 29.7 Å². The molecule has 4 bridgehead atoms. The van der Waals surface area contributed by atoms with Gasteiger partial charge in [-0.15, -0.1) is 21.5 Å². The van der Waals surface area contributed by atoms with Gasteiger partial charge in [0.1, 0.15) is 5.60 Å². The minimum atomic E-state index is -0.953. The van der Waals surface area contributed by atoms with Crippen LogP contribution < -0.4 is 5.32 Å². The van der Waals surface area contributed by atoms with Crippen molar-refractivity contribution < 1.29 is 5.11 Å². The van der Waals surface area contributed by atoms with Crippen molar-refractivity contribution in [3.63, 3.8) is 0 Å². The summed E-state index contributed by atoms with van der Waals surface area (Å²) in [7, 11) is 0. The van der Waals surface area contributed by atoms with Gasteiger partial charge in [0.05, 0.1) is 10.4 Å². The largest absolute Gasteiger partial charge is 0.378 e. The predicted molar refractivity (Wildman–Crippen MR) is 108 cm³/mol. The van der Waals surface area contributed by atoms with Gasteiger partial charge in [-0.2, -0.15) is 4.80 Å². The number of tetrazole rings is 1. The van der Waals surface area contributed by atoms with Crippen molar-refractivity contribution in [2.24, 2.45) is 11.8 Å². The molecule has 2 N–H and O–H groups in total. The lowest BCUT2D eigenvalue weighted by Gasteiger charge is -2.61. The van der Waals surface area contributed by atoms with Crippen LogP contribution in [0.5, 0.6) is 0 Å². The third-order valence-electron chi connectivity index (χ3n) is 6.59. The highest BCUT2D eigenvalue weighted by molar-refractivity contribution is 7.12. The summed E-state index contributed by atoms with van der Waals surface area (Å²) < 4.78 is 0. The Morgan fingerprint density at radius 2 is 2.07 bits per heavy atom. The average molecular weight is 398 g/mol. The summed E-state index contributed by atoms with van der Waals surface area (Å²) in [5.41, 5.74) is -0.724. The lowest BCUT2D eigenvalue weighted by atomic mass is 9.50. The van der Waals surface area contributed by atoms with Crippen LogP contribution in [0.1, 0.15) is 62.1 Å². The summed E-state index contributed by atoms with van der Waals surface area (Å²) in [5.74, 6) is 7.50. The van der Waals surface area contributed by atoms with E-state index in [-0.39, 0.29) is 11.1 Å². The van der Waals surface area contributed by atoms with Crippen molar-refractivity contribution in [1.82, 2.24) is 25.5 Å². The Bertz CT molecular complexity index is 903. The fraction of sp³-hybridized carbons (Fsp3) is 0.667. The van der Waals surface area contributed by atoms with Gasteiger partial charge in [-0.3, -0.25) is 0 Å². The van der Waals surface area contributed by atoms with Crippen LogP contribution in [-0.2, 0) is 12.1 Å². The first-order valence-corrected chi connectivity index (χ1v) is 11.0. The van der Waals surface area contributed by atoms with Crippen molar-refractivity contribution in [2.75, 3.05) is 0 Å². The van der Waals surface area contributed by atoms with Gasteiger partial charge in [0.25, 0.3) is 0 Å². The molecule has 2 unspecified atom stereocenters. The Morgan fingerprint density at radius 1 is 1.29 bits per heavy atom. The number of aliphatic hydroxyl groups is 1. The van der Waals surface area contributed by atoms with E-state index < -0.39 is 5.60 Å². The number of hydrogen-bond acceptors (Lipinski definition) is 6. The standard InChI is InChI=1S/C21H27N5OS/c1-19(2,27)6-5-17-3-4-18(28-17)12-22-20-8-15-7-16(9-20)11-21(10-15,13-20)26-24-14-23-25-26/h3-4,14-16,22,27H,7-13H2,1-2H3. The zero-order valence-corrected chi connectivity index (χ0v) is 17.3. The SMILES string of the molecule is CC(C)(O)C#Cc1ccc(CNC23CC4CC(C2)CC(n2ncnn2)(C4)C3)s1. The van der Waals surface area contributed by atoms with Gasteiger partial charge in [-0.25, -0.2) is 0 Å². The van der Waals surface area contributed by atoms with Gasteiger partial charge < -0.3 is 10.4 Å². The Kier molecular flexibility index (Phi) is 4.17. The molecule has 2 heterocycles. The Labute approximate surface area is 169 Å². The zero-order valence-electron chi connectivity index (χ0n) is 16.5. The van der Waals surface area contributed by atoms with Crippen LogP contribution in [0.15, 0.2) is 18.5 Å². The van der Waals surface area contributed by atoms with Gasteiger partial charge in [0.2, 0.25) is 0 Å². The van der Waals surface area contributed by atoms with Crippen LogP contribution in [0.2, 0.25) is 0 Å². The molecule has 4 fully saturated rings. The van der Waals surface area contributed by atoms with Crippen LogP contribution in [0.25, 0.3) is 0 Å². The molecular formula is C21H27N5OS. The number of nitrogens with zero attached hydrogens (tertiary/aromatic N) is 4. The molecule has 6 nitrogen and oxygen atoms in total. The van der Waals surface area contributed by atoms with Crippen LogP contribution in [-0.4, -0.2) is 36.5 Å². The third-order valence-corrected chi connectivity index (χ3v) is 7.60. The number of hydrogen-bond donors (Lipinski definition) is 2. The summed E-state index contributed by atoms with van der Waals surface area (Å²) in [6.45, 7) is 4.29. The van der Waals surface area contributed by atoms with Crippen molar-refractivity contribution in [1.29, 1.82) is 0 Å². The highest BCUT2D eigenvalue weighted by Gasteiger charge is 2.59. The van der Waals surface area contributed by atoms with Gasteiger partial charge in [0.15, 0.2) is 6.33 Å². The van der Waals surface area contributed by atoms with Crippen molar-refractivity contribution in [3.8, 4) is 11.8 Å². The summed E-state index contributed by atoms with van der Waals surface area (Å²) in [5, 5.41) is 26.4. The third kappa shape index (κ3) is 3.38. The number of nitrogens with one attached hydrogen (secondary N) is 1. The van der Waals surface area contributed by atoms with Crippen LogP contribution >= 0.6 is 11.3 Å². The monoisotopic (exact) mass is 397 g/mol. The minimum Gasteiger partial charge on any atom is -0.378 e. The fourth-order valence-electron chi connectivity index (χ4n) is 6.07. The Hall–Kier alpha value is -1.75. The highest BCUT2D eigenvalue weighted by Crippen LogP contribution is 2.60. The normalized spacial score (nSPS) is 33.7. The van der Waals surface area contributed by atoms with Crippen molar-refractivity contribution in [2.45, 2.75) is 75.6 Å². The predicted octanol–water partition coefficient (Wildman–Crippen LogP) is 2.69. The van der Waals surface area contributed by atoms with Crippen molar-refractivity contribution >= 4 is 11.3 Å². The Balaban J connectivity index is 1.32. The summed E-state index contributed by atoms with van der Waals surface area (Å²) >= 11 is 1.71. The van der Waals surface area contributed by atoms with E-state index in [1.54, 1.807) is 31.5 Å². The zero-order chi connectivity index (χ0) is 19.4. The quantitative estimate of drug-likeness (QED) is 0.776. The topological polar surface area (TPSA) is 75.9 Å². The van der Waals surface area contributed by atoms with Crippen LogP contribution in [0.4, 0.5) is 0 Å². The molecule has 0 spiro atoms. The van der Waals surface area contributed by atoms with Gasteiger partial charge in [0, 0.05) is 17.0 Å². The maximum atomic E-state index is 9.79.